The largest absolute Gasteiger partial charge is 0.382 e. The van der Waals surface area contributed by atoms with E-state index in [0.717, 1.165) is 28.7 Å². The van der Waals surface area contributed by atoms with Crippen molar-refractivity contribution in [1.82, 2.24) is 15.0 Å². The Morgan fingerprint density at radius 1 is 1.25 bits per heavy atom. The van der Waals surface area contributed by atoms with Gasteiger partial charge in [-0.05, 0) is 18.9 Å². The minimum Gasteiger partial charge on any atom is -0.382 e. The summed E-state index contributed by atoms with van der Waals surface area (Å²) in [5, 5.41) is 4.49. The number of thiazole rings is 1. The first-order valence-corrected chi connectivity index (χ1v) is 9.16. The first-order chi connectivity index (χ1) is 11.6. The van der Waals surface area contributed by atoms with E-state index in [-0.39, 0.29) is 11.3 Å². The number of anilines is 2. The average Bonchev–Trinajstić information content (AvgIpc) is 3.26. The second kappa shape index (κ2) is 6.14. The second-order valence-corrected chi connectivity index (χ2v) is 7.42. The standard InChI is InChI=1S/C15H13F2N5S2/c16-9-3-1-2-7(10(9)17)6-23-14-20-12(18)11-13(21-14)22-15(24-11)19-8-4-5-8/h1-3,8H,4-6H2,(H3,18,19,20,21,22). The number of hydrogen-bond acceptors (Lipinski definition) is 7. The van der Waals surface area contributed by atoms with Crippen molar-refractivity contribution in [3.8, 4) is 0 Å². The summed E-state index contributed by atoms with van der Waals surface area (Å²) in [5.41, 5.74) is 6.77. The lowest BCUT2D eigenvalue weighted by Crippen LogP contribution is -1.99. The van der Waals surface area contributed by atoms with Gasteiger partial charge in [0.25, 0.3) is 0 Å². The fraction of sp³-hybridized carbons (Fsp3) is 0.267. The number of fused-ring (bicyclic) bond motifs is 1. The molecule has 2 aromatic heterocycles. The van der Waals surface area contributed by atoms with Crippen LogP contribution in [0.4, 0.5) is 19.7 Å². The maximum atomic E-state index is 13.7. The highest BCUT2D eigenvalue weighted by molar-refractivity contribution is 7.98. The quantitative estimate of drug-likeness (QED) is 0.529. The number of hydrogen-bond donors (Lipinski definition) is 2. The van der Waals surface area contributed by atoms with Crippen LogP contribution in [0.2, 0.25) is 0 Å². The molecule has 1 aliphatic rings. The van der Waals surface area contributed by atoms with E-state index in [1.165, 1.54) is 35.2 Å². The summed E-state index contributed by atoms with van der Waals surface area (Å²) < 4.78 is 27.7. The molecule has 24 heavy (non-hydrogen) atoms. The number of halogens is 2. The molecule has 1 fully saturated rings. The summed E-state index contributed by atoms with van der Waals surface area (Å²) in [6.07, 6.45) is 2.30. The Morgan fingerprint density at radius 2 is 2.08 bits per heavy atom. The third-order valence-corrected chi connectivity index (χ3v) is 5.45. The number of rotatable bonds is 5. The first-order valence-electron chi connectivity index (χ1n) is 7.36. The van der Waals surface area contributed by atoms with Crippen molar-refractivity contribution in [2.24, 2.45) is 0 Å². The van der Waals surface area contributed by atoms with Gasteiger partial charge in [0, 0.05) is 17.4 Å². The zero-order valence-corrected chi connectivity index (χ0v) is 14.1. The number of nitrogens with two attached hydrogens (primary N) is 1. The molecule has 1 saturated carbocycles. The van der Waals surface area contributed by atoms with Crippen LogP contribution in [0.3, 0.4) is 0 Å². The van der Waals surface area contributed by atoms with Crippen LogP contribution in [-0.4, -0.2) is 21.0 Å². The van der Waals surface area contributed by atoms with Gasteiger partial charge < -0.3 is 11.1 Å². The SMILES string of the molecule is Nc1nc(SCc2cccc(F)c2F)nc2nc(NC3CC3)sc12. The minimum absolute atomic E-state index is 0.214. The molecule has 0 radical (unpaired) electrons. The number of nitrogens with zero attached hydrogens (tertiary/aromatic N) is 3. The van der Waals surface area contributed by atoms with Crippen molar-refractivity contribution < 1.29 is 8.78 Å². The van der Waals surface area contributed by atoms with Gasteiger partial charge in [-0.15, -0.1) is 0 Å². The van der Waals surface area contributed by atoms with E-state index < -0.39 is 11.6 Å². The van der Waals surface area contributed by atoms with Crippen molar-refractivity contribution in [2.45, 2.75) is 29.8 Å². The average molecular weight is 365 g/mol. The van der Waals surface area contributed by atoms with Gasteiger partial charge in [-0.1, -0.05) is 35.2 Å². The Morgan fingerprint density at radius 3 is 2.88 bits per heavy atom. The molecular formula is C15H13F2N5S2. The summed E-state index contributed by atoms with van der Waals surface area (Å²) in [6, 6.07) is 4.59. The number of nitrogen functional groups attached to an aromatic ring is 1. The molecule has 0 saturated heterocycles. The molecule has 0 bridgehead atoms. The first kappa shape index (κ1) is 15.5. The van der Waals surface area contributed by atoms with Crippen LogP contribution in [0.15, 0.2) is 23.4 Å². The summed E-state index contributed by atoms with van der Waals surface area (Å²) in [5.74, 6) is -1.14. The summed E-state index contributed by atoms with van der Waals surface area (Å²) >= 11 is 2.62. The number of aromatic nitrogens is 3. The van der Waals surface area contributed by atoms with Gasteiger partial charge in [0.05, 0.1) is 0 Å². The molecule has 1 aliphatic carbocycles. The van der Waals surface area contributed by atoms with Crippen molar-refractivity contribution in [1.29, 1.82) is 0 Å². The molecule has 0 amide bonds. The smallest absolute Gasteiger partial charge is 0.191 e. The molecule has 0 aliphatic heterocycles. The van der Waals surface area contributed by atoms with Gasteiger partial charge in [-0.25, -0.2) is 18.7 Å². The number of thioether (sulfide) groups is 1. The Hall–Kier alpha value is -2.00. The highest BCUT2D eigenvalue weighted by Crippen LogP contribution is 2.34. The molecule has 124 valence electrons. The van der Waals surface area contributed by atoms with Crippen LogP contribution < -0.4 is 11.1 Å². The molecule has 3 aromatic rings. The van der Waals surface area contributed by atoms with Gasteiger partial charge in [-0.3, -0.25) is 0 Å². The lowest BCUT2D eigenvalue weighted by atomic mass is 10.2. The van der Waals surface area contributed by atoms with E-state index in [4.69, 9.17) is 5.73 Å². The van der Waals surface area contributed by atoms with E-state index in [9.17, 15) is 8.78 Å². The lowest BCUT2D eigenvalue weighted by Gasteiger charge is -2.04. The van der Waals surface area contributed by atoms with Crippen molar-refractivity contribution in [3.05, 3.63) is 35.4 Å². The second-order valence-electron chi connectivity index (χ2n) is 5.48. The van der Waals surface area contributed by atoms with E-state index >= 15 is 0 Å². The lowest BCUT2D eigenvalue weighted by molar-refractivity contribution is 0.502. The Labute approximate surface area is 144 Å². The van der Waals surface area contributed by atoms with Gasteiger partial charge in [0.1, 0.15) is 10.5 Å². The van der Waals surface area contributed by atoms with E-state index in [1.54, 1.807) is 0 Å². The third-order valence-electron chi connectivity index (χ3n) is 3.55. The zero-order valence-electron chi connectivity index (χ0n) is 12.4. The molecule has 2 heterocycles. The Balaban J connectivity index is 1.56. The Bertz CT molecular complexity index is 910. The molecule has 1 aromatic carbocycles. The fourth-order valence-corrected chi connectivity index (χ4v) is 3.86. The predicted molar refractivity (Wildman–Crippen MR) is 92.2 cm³/mol. The van der Waals surface area contributed by atoms with Gasteiger partial charge in [-0.2, -0.15) is 4.98 Å². The van der Waals surface area contributed by atoms with Crippen LogP contribution in [0.25, 0.3) is 10.3 Å². The maximum Gasteiger partial charge on any atom is 0.191 e. The van der Waals surface area contributed by atoms with Crippen LogP contribution in [0, 0.1) is 11.6 Å². The topological polar surface area (TPSA) is 76.7 Å². The highest BCUT2D eigenvalue weighted by Gasteiger charge is 2.23. The monoisotopic (exact) mass is 365 g/mol. The maximum absolute atomic E-state index is 13.7. The molecular weight excluding hydrogens is 352 g/mol. The van der Waals surface area contributed by atoms with Crippen LogP contribution >= 0.6 is 23.1 Å². The minimum atomic E-state index is -0.862. The molecule has 3 N–H and O–H groups in total. The van der Waals surface area contributed by atoms with E-state index in [2.05, 4.69) is 20.3 Å². The summed E-state index contributed by atoms with van der Waals surface area (Å²) in [6.45, 7) is 0. The van der Waals surface area contributed by atoms with Gasteiger partial charge in [0.2, 0.25) is 0 Å². The third kappa shape index (κ3) is 3.13. The molecule has 4 rings (SSSR count). The van der Waals surface area contributed by atoms with Crippen molar-refractivity contribution >= 4 is 44.4 Å². The summed E-state index contributed by atoms with van der Waals surface area (Å²) in [4.78, 5) is 13.0. The summed E-state index contributed by atoms with van der Waals surface area (Å²) in [7, 11) is 0. The molecule has 5 nitrogen and oxygen atoms in total. The highest BCUT2D eigenvalue weighted by atomic mass is 32.2. The van der Waals surface area contributed by atoms with Crippen LogP contribution in [0.5, 0.6) is 0 Å². The molecule has 0 unspecified atom stereocenters. The van der Waals surface area contributed by atoms with E-state index in [0.29, 0.717) is 22.7 Å². The van der Waals surface area contributed by atoms with E-state index in [1.807, 2.05) is 0 Å². The van der Waals surface area contributed by atoms with Crippen LogP contribution in [-0.2, 0) is 5.75 Å². The number of nitrogens with one attached hydrogen (secondary N) is 1. The molecule has 0 atom stereocenters. The van der Waals surface area contributed by atoms with Crippen LogP contribution in [0.1, 0.15) is 18.4 Å². The number of benzene rings is 1. The van der Waals surface area contributed by atoms with Crippen molar-refractivity contribution in [2.75, 3.05) is 11.1 Å². The fourth-order valence-electron chi connectivity index (χ4n) is 2.15. The van der Waals surface area contributed by atoms with Gasteiger partial charge >= 0.3 is 0 Å². The van der Waals surface area contributed by atoms with Gasteiger partial charge in [0.15, 0.2) is 27.6 Å². The Kier molecular flexibility index (Phi) is 3.97. The van der Waals surface area contributed by atoms with Crippen molar-refractivity contribution in [3.63, 3.8) is 0 Å². The normalized spacial score (nSPS) is 14.2. The predicted octanol–water partition coefficient (Wildman–Crippen LogP) is 3.81. The molecule has 9 heteroatoms. The molecule has 0 spiro atoms. The zero-order chi connectivity index (χ0) is 16.7.